The van der Waals surface area contributed by atoms with Crippen molar-refractivity contribution >= 4 is 6.03 Å². The van der Waals surface area contributed by atoms with Crippen molar-refractivity contribution in [1.29, 1.82) is 0 Å². The number of allylic oxidation sites excluding steroid dienone is 1. The van der Waals surface area contributed by atoms with E-state index in [1.807, 2.05) is 6.08 Å². The van der Waals surface area contributed by atoms with E-state index in [1.54, 1.807) is 6.08 Å². The number of urea groups is 1. The van der Waals surface area contributed by atoms with Gasteiger partial charge in [0.2, 0.25) is 0 Å². The minimum Gasteiger partial charge on any atom is -0.394 e. The molecule has 0 saturated heterocycles. The first-order chi connectivity index (χ1) is 14.7. The van der Waals surface area contributed by atoms with Gasteiger partial charge < -0.3 is 20.8 Å². The summed E-state index contributed by atoms with van der Waals surface area (Å²) in [5.74, 6) is 0. The number of aliphatic hydroxyl groups excluding tert-OH is 2. The van der Waals surface area contributed by atoms with Gasteiger partial charge >= 0.3 is 6.03 Å². The Morgan fingerprint density at radius 3 is 1.83 bits per heavy atom. The number of carbonyl (C=O) groups is 1. The fraction of sp³-hybridized carbons (Fsp3) is 0.880. The molecule has 0 aliphatic rings. The van der Waals surface area contributed by atoms with Crippen molar-refractivity contribution in [3.8, 4) is 0 Å². The van der Waals surface area contributed by atoms with E-state index in [0.717, 1.165) is 32.1 Å². The molecule has 4 N–H and O–H groups in total. The van der Waals surface area contributed by atoms with Crippen LogP contribution < -0.4 is 10.6 Å². The molecule has 0 heterocycles. The predicted molar refractivity (Wildman–Crippen MR) is 128 cm³/mol. The van der Waals surface area contributed by atoms with E-state index in [4.69, 9.17) is 0 Å². The molecule has 0 spiro atoms. The number of unbranched alkanes of at least 4 members (excludes halogenated alkanes) is 14. The zero-order chi connectivity index (χ0) is 22.3. The largest absolute Gasteiger partial charge is 0.394 e. The maximum Gasteiger partial charge on any atom is 0.315 e. The van der Waals surface area contributed by atoms with E-state index < -0.39 is 12.1 Å². The number of aliphatic hydroxyl groups is 2. The molecule has 0 aliphatic carbocycles. The van der Waals surface area contributed by atoms with Crippen LogP contribution in [0, 0.1) is 0 Å². The van der Waals surface area contributed by atoms with Gasteiger partial charge in [-0.1, -0.05) is 109 Å². The van der Waals surface area contributed by atoms with Crippen LogP contribution in [0.3, 0.4) is 0 Å². The highest BCUT2D eigenvalue weighted by Gasteiger charge is 2.17. The highest BCUT2D eigenvalue weighted by molar-refractivity contribution is 5.74. The van der Waals surface area contributed by atoms with E-state index in [1.165, 1.54) is 70.6 Å². The summed E-state index contributed by atoms with van der Waals surface area (Å²) in [5, 5.41) is 25.1. The lowest BCUT2D eigenvalue weighted by Crippen LogP contribution is -2.49. The van der Waals surface area contributed by atoms with Crippen LogP contribution in [-0.2, 0) is 0 Å². The van der Waals surface area contributed by atoms with Crippen LogP contribution in [0.1, 0.15) is 117 Å². The molecule has 0 rings (SSSR count). The lowest BCUT2D eigenvalue weighted by Gasteiger charge is -2.20. The van der Waals surface area contributed by atoms with Crippen molar-refractivity contribution in [2.45, 2.75) is 129 Å². The predicted octanol–water partition coefficient (Wildman–Crippen LogP) is 5.85. The lowest BCUT2D eigenvalue weighted by atomic mass is 10.0. The normalized spacial score (nSPS) is 13.5. The third kappa shape index (κ3) is 18.9. The third-order valence-corrected chi connectivity index (χ3v) is 5.55. The minimum atomic E-state index is -0.867. The summed E-state index contributed by atoms with van der Waals surface area (Å²) in [6.45, 7) is 4.74. The Labute approximate surface area is 186 Å². The Hall–Kier alpha value is -1.07. The second kappa shape index (κ2) is 22.6. The highest BCUT2D eigenvalue weighted by Crippen LogP contribution is 2.12. The average Bonchev–Trinajstić information content (AvgIpc) is 2.75. The Morgan fingerprint density at radius 1 is 0.800 bits per heavy atom. The number of amides is 2. The second-order valence-electron chi connectivity index (χ2n) is 8.49. The van der Waals surface area contributed by atoms with Crippen molar-refractivity contribution in [3.63, 3.8) is 0 Å². The van der Waals surface area contributed by atoms with E-state index in [-0.39, 0.29) is 12.6 Å². The molecular formula is C25H50N2O3. The number of carbonyl (C=O) groups excluding carboxylic acids is 1. The van der Waals surface area contributed by atoms with Crippen LogP contribution in [0.4, 0.5) is 4.79 Å². The maximum absolute atomic E-state index is 11.9. The molecule has 0 aromatic heterocycles. The summed E-state index contributed by atoms with van der Waals surface area (Å²) >= 11 is 0. The Morgan fingerprint density at radius 2 is 1.30 bits per heavy atom. The first-order valence-electron chi connectivity index (χ1n) is 12.7. The molecular weight excluding hydrogens is 376 g/mol. The smallest absolute Gasteiger partial charge is 0.315 e. The summed E-state index contributed by atoms with van der Waals surface area (Å²) in [4.78, 5) is 11.9. The zero-order valence-electron chi connectivity index (χ0n) is 19.8. The van der Waals surface area contributed by atoms with Gasteiger partial charge in [0.15, 0.2) is 0 Å². The molecule has 0 unspecified atom stereocenters. The standard InChI is InChI=1S/C25H50N2O3/c1-3-5-7-9-10-11-12-13-14-15-16-17-18-20-24(29)23(22-28)27-25(30)26-21-19-8-6-4-2/h18,20,23-24,28-29H,3-17,19,21-22H2,1-2H3,(H2,26,27,30)/t23-,24+/m0/s1. The Balaban J connectivity index is 3.69. The highest BCUT2D eigenvalue weighted by atomic mass is 16.3. The van der Waals surface area contributed by atoms with Gasteiger partial charge in [0.25, 0.3) is 0 Å². The number of hydrogen-bond donors (Lipinski definition) is 4. The fourth-order valence-corrected chi connectivity index (χ4v) is 3.51. The van der Waals surface area contributed by atoms with Gasteiger partial charge in [-0.05, 0) is 19.3 Å². The van der Waals surface area contributed by atoms with E-state index in [0.29, 0.717) is 6.54 Å². The first kappa shape index (κ1) is 28.9. The molecule has 0 aromatic rings. The molecule has 5 nitrogen and oxygen atoms in total. The average molecular weight is 427 g/mol. The minimum absolute atomic E-state index is 0.285. The van der Waals surface area contributed by atoms with Crippen LogP contribution in [-0.4, -0.2) is 41.5 Å². The van der Waals surface area contributed by atoms with Gasteiger partial charge in [0.05, 0.1) is 18.8 Å². The molecule has 0 radical (unpaired) electrons. The molecule has 0 aliphatic heterocycles. The number of nitrogens with one attached hydrogen (secondary N) is 2. The van der Waals surface area contributed by atoms with Crippen LogP contribution in [0.5, 0.6) is 0 Å². The van der Waals surface area contributed by atoms with Crippen LogP contribution >= 0.6 is 0 Å². The van der Waals surface area contributed by atoms with Gasteiger partial charge in [0, 0.05) is 6.54 Å². The molecule has 30 heavy (non-hydrogen) atoms. The SMILES string of the molecule is CCCCCCCCCCCCCC=C[C@@H](O)[C@H](CO)NC(=O)NCCCCCC. The van der Waals surface area contributed by atoms with Crippen molar-refractivity contribution in [2.24, 2.45) is 0 Å². The zero-order valence-corrected chi connectivity index (χ0v) is 19.8. The first-order valence-corrected chi connectivity index (χ1v) is 12.7. The van der Waals surface area contributed by atoms with E-state index in [9.17, 15) is 15.0 Å². The molecule has 0 aromatic carbocycles. The van der Waals surface area contributed by atoms with E-state index >= 15 is 0 Å². The topological polar surface area (TPSA) is 81.6 Å². The van der Waals surface area contributed by atoms with Crippen LogP contribution in [0.25, 0.3) is 0 Å². The maximum atomic E-state index is 11.9. The molecule has 178 valence electrons. The van der Waals surface area contributed by atoms with Gasteiger partial charge in [-0.15, -0.1) is 0 Å². The molecule has 0 fully saturated rings. The Kier molecular flexibility index (Phi) is 21.8. The monoisotopic (exact) mass is 426 g/mol. The number of rotatable bonds is 21. The van der Waals surface area contributed by atoms with Crippen molar-refractivity contribution in [1.82, 2.24) is 10.6 Å². The Bertz CT molecular complexity index is 402. The van der Waals surface area contributed by atoms with Gasteiger partial charge in [0.1, 0.15) is 0 Å². The van der Waals surface area contributed by atoms with Crippen molar-refractivity contribution in [3.05, 3.63) is 12.2 Å². The summed E-state index contributed by atoms with van der Waals surface area (Å²) in [6, 6.07) is -1.00. The van der Waals surface area contributed by atoms with Gasteiger partial charge in [-0.2, -0.15) is 0 Å². The summed E-state index contributed by atoms with van der Waals surface area (Å²) in [5.41, 5.74) is 0. The van der Waals surface area contributed by atoms with Crippen molar-refractivity contribution < 1.29 is 15.0 Å². The van der Waals surface area contributed by atoms with Crippen molar-refractivity contribution in [2.75, 3.05) is 13.2 Å². The van der Waals surface area contributed by atoms with Gasteiger partial charge in [-0.25, -0.2) is 4.79 Å². The fourth-order valence-electron chi connectivity index (χ4n) is 3.51. The van der Waals surface area contributed by atoms with Crippen LogP contribution in [0.2, 0.25) is 0 Å². The summed E-state index contributed by atoms with van der Waals surface area (Å²) in [7, 11) is 0. The lowest BCUT2D eigenvalue weighted by molar-refractivity contribution is 0.125. The molecule has 0 saturated carbocycles. The second-order valence-corrected chi connectivity index (χ2v) is 8.49. The molecule has 2 atom stereocenters. The van der Waals surface area contributed by atoms with Gasteiger partial charge in [-0.3, -0.25) is 0 Å². The molecule has 0 bridgehead atoms. The third-order valence-electron chi connectivity index (χ3n) is 5.55. The number of hydrogen-bond acceptors (Lipinski definition) is 3. The molecule has 5 heteroatoms. The summed E-state index contributed by atoms with van der Waals surface area (Å²) in [6.07, 6.45) is 22.6. The quantitative estimate of drug-likeness (QED) is 0.137. The van der Waals surface area contributed by atoms with E-state index in [2.05, 4.69) is 24.5 Å². The molecule has 2 amide bonds. The summed E-state index contributed by atoms with van der Waals surface area (Å²) < 4.78 is 0. The van der Waals surface area contributed by atoms with Crippen LogP contribution in [0.15, 0.2) is 12.2 Å².